The Hall–Kier alpha value is -3.00. The number of hydrogen-bond acceptors (Lipinski definition) is 6. The summed E-state index contributed by atoms with van der Waals surface area (Å²) in [5.41, 5.74) is 0.215. The average Bonchev–Trinajstić information content (AvgIpc) is 2.75. The van der Waals surface area contributed by atoms with Crippen molar-refractivity contribution in [3.8, 4) is 0 Å². The van der Waals surface area contributed by atoms with Crippen LogP contribution in [0.1, 0.15) is 6.42 Å². The summed E-state index contributed by atoms with van der Waals surface area (Å²) in [6.45, 7) is 4.87. The third kappa shape index (κ3) is 3.55. The second-order valence-corrected chi connectivity index (χ2v) is 7.05. The molecular weight excluding hydrogens is 356 g/mol. The Morgan fingerprint density at radius 3 is 2.39 bits per heavy atom. The van der Waals surface area contributed by atoms with Gasteiger partial charge in [0.2, 0.25) is 5.95 Å². The normalized spacial score (nSPS) is 15.2. The first-order chi connectivity index (χ1) is 13.6. The van der Waals surface area contributed by atoms with E-state index in [9.17, 15) is 9.59 Å². The molecular formula is C20H24N6O2. The second-order valence-electron chi connectivity index (χ2n) is 7.05. The molecule has 3 heterocycles. The number of anilines is 1. The van der Waals surface area contributed by atoms with E-state index in [4.69, 9.17) is 0 Å². The number of piperazine rings is 1. The van der Waals surface area contributed by atoms with Gasteiger partial charge in [0.1, 0.15) is 0 Å². The zero-order chi connectivity index (χ0) is 19.5. The molecule has 1 fully saturated rings. The van der Waals surface area contributed by atoms with Gasteiger partial charge in [-0.1, -0.05) is 12.1 Å². The molecule has 8 nitrogen and oxygen atoms in total. The smallest absolute Gasteiger partial charge is 0.331 e. The largest absolute Gasteiger partial charge is 0.338 e. The van der Waals surface area contributed by atoms with Gasteiger partial charge < -0.3 is 4.90 Å². The van der Waals surface area contributed by atoms with Crippen LogP contribution in [0.4, 0.5) is 5.95 Å². The van der Waals surface area contributed by atoms with Gasteiger partial charge in [-0.3, -0.25) is 18.8 Å². The standard InChI is InChI=1S/C20H24N6O2/c1-23-17-7-3-2-6-16(17)18(27)26(20(23)28)11-5-10-24-12-14-25(15-13-24)19-21-8-4-9-22-19/h2-4,6-9H,5,10-15H2,1H3. The van der Waals surface area contributed by atoms with E-state index in [0.717, 1.165) is 45.1 Å². The maximum atomic E-state index is 12.7. The summed E-state index contributed by atoms with van der Waals surface area (Å²) in [6.07, 6.45) is 4.28. The summed E-state index contributed by atoms with van der Waals surface area (Å²) in [7, 11) is 1.71. The summed E-state index contributed by atoms with van der Waals surface area (Å²) < 4.78 is 2.91. The summed E-state index contributed by atoms with van der Waals surface area (Å²) in [4.78, 5) is 38.4. The van der Waals surface area contributed by atoms with Crippen molar-refractivity contribution in [1.82, 2.24) is 24.0 Å². The van der Waals surface area contributed by atoms with Crippen LogP contribution in [0.5, 0.6) is 0 Å². The first-order valence-corrected chi connectivity index (χ1v) is 9.58. The van der Waals surface area contributed by atoms with E-state index in [1.807, 2.05) is 18.2 Å². The summed E-state index contributed by atoms with van der Waals surface area (Å²) in [5.74, 6) is 0.772. The van der Waals surface area contributed by atoms with Gasteiger partial charge in [0.05, 0.1) is 10.9 Å². The van der Waals surface area contributed by atoms with Crippen LogP contribution in [0.15, 0.2) is 52.3 Å². The molecule has 0 aliphatic carbocycles. The van der Waals surface area contributed by atoms with Crippen LogP contribution >= 0.6 is 0 Å². The van der Waals surface area contributed by atoms with Crippen molar-refractivity contribution in [3.63, 3.8) is 0 Å². The number of hydrogen-bond donors (Lipinski definition) is 0. The minimum Gasteiger partial charge on any atom is -0.338 e. The highest BCUT2D eigenvalue weighted by Gasteiger charge is 2.18. The quantitative estimate of drug-likeness (QED) is 0.649. The summed E-state index contributed by atoms with van der Waals surface area (Å²) >= 11 is 0. The van der Waals surface area contributed by atoms with E-state index in [-0.39, 0.29) is 11.2 Å². The van der Waals surface area contributed by atoms with Gasteiger partial charge in [-0.05, 0) is 31.2 Å². The maximum Gasteiger partial charge on any atom is 0.331 e. The number of nitrogens with zero attached hydrogens (tertiary/aromatic N) is 6. The number of rotatable bonds is 5. The fourth-order valence-corrected chi connectivity index (χ4v) is 3.74. The monoisotopic (exact) mass is 380 g/mol. The van der Waals surface area contributed by atoms with Crippen molar-refractivity contribution < 1.29 is 0 Å². The molecule has 2 aromatic heterocycles. The fraction of sp³-hybridized carbons (Fsp3) is 0.400. The van der Waals surface area contributed by atoms with Crippen molar-refractivity contribution in [2.24, 2.45) is 7.05 Å². The lowest BCUT2D eigenvalue weighted by atomic mass is 10.2. The molecule has 0 N–H and O–H groups in total. The molecule has 0 spiro atoms. The zero-order valence-electron chi connectivity index (χ0n) is 16.0. The Kier molecular flexibility index (Phi) is 5.21. The Labute approximate surface area is 162 Å². The second kappa shape index (κ2) is 7.93. The van der Waals surface area contributed by atoms with Crippen LogP contribution in [0.2, 0.25) is 0 Å². The minimum absolute atomic E-state index is 0.204. The molecule has 0 radical (unpaired) electrons. The fourth-order valence-electron chi connectivity index (χ4n) is 3.74. The van der Waals surface area contributed by atoms with Crippen molar-refractivity contribution >= 4 is 16.9 Å². The topological polar surface area (TPSA) is 76.3 Å². The summed E-state index contributed by atoms with van der Waals surface area (Å²) in [5, 5.41) is 0.584. The first-order valence-electron chi connectivity index (χ1n) is 9.58. The average molecular weight is 380 g/mol. The highest BCUT2D eigenvalue weighted by molar-refractivity contribution is 5.77. The maximum absolute atomic E-state index is 12.7. The van der Waals surface area contributed by atoms with Crippen LogP contribution < -0.4 is 16.1 Å². The van der Waals surface area contributed by atoms with Gasteiger partial charge in [-0.15, -0.1) is 0 Å². The SMILES string of the molecule is Cn1c(=O)n(CCCN2CCN(c3ncccn3)CC2)c(=O)c2ccccc21. The van der Waals surface area contributed by atoms with Crippen LogP contribution in [0.3, 0.4) is 0 Å². The van der Waals surface area contributed by atoms with Crippen molar-refractivity contribution in [3.05, 3.63) is 63.6 Å². The highest BCUT2D eigenvalue weighted by atomic mass is 16.2. The predicted molar refractivity (Wildman–Crippen MR) is 109 cm³/mol. The zero-order valence-corrected chi connectivity index (χ0v) is 16.0. The van der Waals surface area contributed by atoms with Crippen LogP contribution in [0, 0.1) is 0 Å². The molecule has 1 saturated heterocycles. The molecule has 8 heteroatoms. The van der Waals surface area contributed by atoms with Crippen molar-refractivity contribution in [2.45, 2.75) is 13.0 Å². The van der Waals surface area contributed by atoms with Gasteiger partial charge >= 0.3 is 5.69 Å². The Morgan fingerprint density at radius 2 is 1.64 bits per heavy atom. The molecule has 146 valence electrons. The molecule has 1 aromatic carbocycles. The molecule has 0 bridgehead atoms. The van der Waals surface area contributed by atoms with E-state index in [0.29, 0.717) is 17.4 Å². The highest BCUT2D eigenvalue weighted by Crippen LogP contribution is 2.10. The van der Waals surface area contributed by atoms with Gasteiger partial charge in [0.15, 0.2) is 0 Å². The molecule has 0 unspecified atom stereocenters. The molecule has 28 heavy (non-hydrogen) atoms. The molecule has 0 atom stereocenters. The molecule has 0 amide bonds. The lowest BCUT2D eigenvalue weighted by Gasteiger charge is -2.34. The molecule has 3 aromatic rings. The molecule has 0 saturated carbocycles. The number of para-hydroxylation sites is 1. The van der Waals surface area contributed by atoms with Crippen LogP contribution in [-0.4, -0.2) is 56.7 Å². The molecule has 1 aliphatic rings. The number of aromatic nitrogens is 4. The molecule has 1 aliphatic heterocycles. The van der Waals surface area contributed by atoms with Crippen molar-refractivity contribution in [2.75, 3.05) is 37.6 Å². The van der Waals surface area contributed by atoms with Crippen molar-refractivity contribution in [1.29, 1.82) is 0 Å². The van der Waals surface area contributed by atoms with E-state index < -0.39 is 0 Å². The van der Waals surface area contributed by atoms with E-state index in [1.165, 1.54) is 4.57 Å². The van der Waals surface area contributed by atoms with Gasteiger partial charge in [-0.25, -0.2) is 14.8 Å². The van der Waals surface area contributed by atoms with E-state index in [2.05, 4.69) is 19.8 Å². The van der Waals surface area contributed by atoms with Crippen LogP contribution in [-0.2, 0) is 13.6 Å². The Bertz CT molecular complexity index is 1070. The van der Waals surface area contributed by atoms with Gasteiger partial charge in [-0.2, -0.15) is 0 Å². The van der Waals surface area contributed by atoms with Crippen LogP contribution in [0.25, 0.3) is 10.9 Å². The Morgan fingerprint density at radius 1 is 0.929 bits per heavy atom. The number of fused-ring (bicyclic) bond motifs is 1. The molecule has 4 rings (SSSR count). The van der Waals surface area contributed by atoms with E-state index >= 15 is 0 Å². The van der Waals surface area contributed by atoms with Gasteiger partial charge in [0.25, 0.3) is 5.56 Å². The third-order valence-corrected chi connectivity index (χ3v) is 5.32. The summed E-state index contributed by atoms with van der Waals surface area (Å²) in [6, 6.07) is 9.07. The van der Waals surface area contributed by atoms with E-state index in [1.54, 1.807) is 36.1 Å². The minimum atomic E-state index is -0.255. The van der Waals surface area contributed by atoms with Gasteiger partial charge in [0, 0.05) is 52.2 Å². The lowest BCUT2D eigenvalue weighted by molar-refractivity contribution is 0.248. The lowest BCUT2D eigenvalue weighted by Crippen LogP contribution is -2.47. The number of benzene rings is 1. The Balaban J connectivity index is 1.38. The first kappa shape index (κ1) is 18.4. The third-order valence-electron chi connectivity index (χ3n) is 5.32. The number of aryl methyl sites for hydroxylation is 1. The predicted octanol–water partition coefficient (Wildman–Crippen LogP) is 0.703.